The van der Waals surface area contributed by atoms with Gasteiger partial charge in [0.25, 0.3) is 0 Å². The Bertz CT molecular complexity index is 3020. The van der Waals surface area contributed by atoms with Gasteiger partial charge in [0.15, 0.2) is 19.8 Å². The number of carbonyl (C=O) groups excluding carboxylic acids is 3. The van der Waals surface area contributed by atoms with Crippen LogP contribution in [0.1, 0.15) is 90.6 Å². The van der Waals surface area contributed by atoms with Gasteiger partial charge in [0.05, 0.1) is 38.4 Å². The third-order valence-electron chi connectivity index (χ3n) is 13.3. The minimum Gasteiger partial charge on any atom is -0.477 e. The Morgan fingerprint density at radius 1 is 0.910 bits per heavy atom. The fourth-order valence-electron chi connectivity index (χ4n) is 10.4. The monoisotopic (exact) mass is 963 g/mol. The molecule has 4 aromatic rings. The summed E-state index contributed by atoms with van der Waals surface area (Å²) in [6.07, 6.45) is 7.32. The van der Waals surface area contributed by atoms with E-state index in [-0.39, 0.29) is 65.6 Å². The van der Waals surface area contributed by atoms with Gasteiger partial charge in [-0.3, -0.25) is 0 Å². The first kappa shape index (κ1) is 45.2. The van der Waals surface area contributed by atoms with Gasteiger partial charge in [-0.25, -0.2) is 47.1 Å². The van der Waals surface area contributed by atoms with Crippen LogP contribution in [0.3, 0.4) is 0 Å². The summed E-state index contributed by atoms with van der Waals surface area (Å²) in [6, 6.07) is 0.120. The third kappa shape index (κ3) is 8.52. The van der Waals surface area contributed by atoms with E-state index in [1.165, 1.54) is 17.2 Å². The van der Waals surface area contributed by atoms with E-state index < -0.39 is 49.7 Å². The molecule has 0 saturated carbocycles. The number of hydrogen-bond donors (Lipinski definition) is 5. The second kappa shape index (κ2) is 16.9. The second-order valence-electron chi connectivity index (χ2n) is 19.2. The van der Waals surface area contributed by atoms with E-state index in [1.54, 1.807) is 30.2 Å². The Hall–Kier alpha value is -5.62. The van der Waals surface area contributed by atoms with E-state index in [1.807, 2.05) is 6.07 Å². The summed E-state index contributed by atoms with van der Waals surface area (Å²) in [7, 11) is -7.64. The first-order chi connectivity index (χ1) is 31.8. The lowest BCUT2D eigenvalue weighted by Gasteiger charge is -2.33. The molecule has 0 bridgehead atoms. The Balaban J connectivity index is 0.852. The molecule has 5 atom stereocenters. The topological polar surface area (TPSA) is 273 Å². The number of fused-ring (bicyclic) bond motifs is 6. The van der Waals surface area contributed by atoms with Gasteiger partial charge in [-0.05, 0) is 135 Å². The van der Waals surface area contributed by atoms with Crippen molar-refractivity contribution < 1.29 is 46.5 Å². The van der Waals surface area contributed by atoms with Crippen LogP contribution in [0.25, 0.3) is 0 Å². The third-order valence-corrected chi connectivity index (χ3v) is 15.9. The number of aliphatic hydroxyl groups excluding tert-OH is 1. The van der Waals surface area contributed by atoms with Gasteiger partial charge in [-0.15, -0.1) is 8.73 Å². The summed E-state index contributed by atoms with van der Waals surface area (Å²) in [5.41, 5.74) is 6.09. The number of nitrogens with zero attached hydrogens (tertiary/aromatic N) is 7. The number of amides is 5. The number of nitrogens with two attached hydrogens (primary N) is 2. The summed E-state index contributed by atoms with van der Waals surface area (Å²) in [4.78, 5) is 46.5. The zero-order chi connectivity index (χ0) is 47.2. The highest BCUT2D eigenvalue weighted by atomic mass is 32.2. The van der Waals surface area contributed by atoms with E-state index in [0.29, 0.717) is 92.6 Å². The van der Waals surface area contributed by atoms with Crippen molar-refractivity contribution in [2.24, 2.45) is 30.8 Å². The lowest BCUT2D eigenvalue weighted by atomic mass is 9.83. The van der Waals surface area contributed by atoms with Crippen LogP contribution in [-0.2, 0) is 82.6 Å². The molecule has 67 heavy (non-hydrogen) atoms. The number of benzene rings is 2. The van der Waals surface area contributed by atoms with Crippen LogP contribution in [0.4, 0.5) is 30.1 Å². The van der Waals surface area contributed by atoms with Crippen LogP contribution in [-0.4, -0.2) is 87.8 Å². The normalized spacial score (nSPS) is 21.6. The van der Waals surface area contributed by atoms with Crippen LogP contribution < -0.4 is 30.4 Å². The van der Waals surface area contributed by atoms with Gasteiger partial charge in [0.1, 0.15) is 16.3 Å². The van der Waals surface area contributed by atoms with Crippen molar-refractivity contribution in [3.05, 3.63) is 68.9 Å². The average Bonchev–Trinajstić information content (AvgIpc) is 4.09. The minimum atomic E-state index is -3.84. The number of imidazole rings is 1. The number of aliphatic hydroxyl groups is 1. The number of ether oxygens (including phenoxy) is 3. The van der Waals surface area contributed by atoms with E-state index in [9.17, 15) is 27.9 Å². The van der Waals surface area contributed by atoms with Crippen LogP contribution in [0.15, 0.2) is 37.2 Å². The number of halogens is 1. The highest BCUT2D eigenvalue weighted by Crippen LogP contribution is 2.45. The number of rotatable bonds is 8. The summed E-state index contributed by atoms with van der Waals surface area (Å²) in [5.74, 6) is -0.316. The lowest BCUT2D eigenvalue weighted by Crippen LogP contribution is -2.45. The van der Waals surface area contributed by atoms with Crippen molar-refractivity contribution in [1.82, 2.24) is 24.2 Å². The van der Waals surface area contributed by atoms with Crippen molar-refractivity contribution >= 4 is 49.4 Å². The largest absolute Gasteiger partial charge is 0.477 e. The quantitative estimate of drug-likeness (QED) is 0.155. The molecule has 0 radical (unpaired) electrons. The van der Waals surface area contributed by atoms with E-state index in [0.717, 1.165) is 40.7 Å². The number of carbonyl (C=O) groups is 3. The Morgan fingerprint density at radius 2 is 1.60 bits per heavy atom. The predicted octanol–water partition coefficient (Wildman–Crippen LogP) is 5.09. The average molecular weight is 964 g/mol. The Morgan fingerprint density at radius 3 is 2.34 bits per heavy atom. The lowest BCUT2D eigenvalue weighted by molar-refractivity contribution is 0.0143. The molecule has 4 aliphatic carbocycles. The van der Waals surface area contributed by atoms with Gasteiger partial charge in [-0.2, -0.15) is 5.10 Å². The fourth-order valence-corrected chi connectivity index (χ4v) is 12.4. The maximum absolute atomic E-state index is 15.0. The molecule has 5 unspecified atom stereocenters. The number of aryl methyl sites for hydroxylation is 1. The van der Waals surface area contributed by atoms with E-state index in [4.69, 9.17) is 24.5 Å². The van der Waals surface area contributed by atoms with Gasteiger partial charge in [0.2, 0.25) is 16.8 Å². The van der Waals surface area contributed by atoms with Crippen LogP contribution >= 0.6 is 0 Å². The first-order valence-corrected chi connectivity index (χ1v) is 25.8. The Kier molecular flexibility index (Phi) is 11.4. The molecule has 10 rings (SSSR count). The summed E-state index contributed by atoms with van der Waals surface area (Å²) in [6.45, 7) is 7.12. The molecule has 23 heteroatoms. The maximum atomic E-state index is 15.0. The smallest absolute Gasteiger partial charge is 0.410 e. The SMILES string of the molecule is CC(C)(C)OC(=O)N(CC1Cc2cc3c(c(NC(=O)N=S(N)(=O)c4ncn5c4OCCC5)c2C1)CCC3O)CC1COc2c(S(N)(=O)=NC(=O)Nc3c4c(c(F)c5c3CC5)CCC4)cnn2C1. The molecule has 2 aliphatic heterocycles. The van der Waals surface area contributed by atoms with Gasteiger partial charge in [-0.1, -0.05) is 6.07 Å². The number of aromatic nitrogens is 4. The molecule has 2 aromatic carbocycles. The van der Waals surface area contributed by atoms with Crippen molar-refractivity contribution in [2.75, 3.05) is 36.9 Å². The van der Waals surface area contributed by atoms with Crippen molar-refractivity contribution in [2.45, 2.75) is 120 Å². The molecule has 2 aromatic heterocycles. The zero-order valence-electron chi connectivity index (χ0n) is 37.5. The molecule has 7 N–H and O–H groups in total. The molecule has 6 aliphatic rings. The summed E-state index contributed by atoms with van der Waals surface area (Å²) < 4.78 is 71.1. The van der Waals surface area contributed by atoms with Crippen LogP contribution in [0.5, 0.6) is 11.8 Å². The highest BCUT2D eigenvalue weighted by molar-refractivity contribution is 7.92. The molecule has 0 fully saturated rings. The number of hydrogen-bond acceptors (Lipinski definition) is 11. The minimum absolute atomic E-state index is 0.0535. The first-order valence-electron chi connectivity index (χ1n) is 22.6. The highest BCUT2D eigenvalue weighted by Gasteiger charge is 2.38. The number of anilines is 2. The fraction of sp³-hybridized carbons (Fsp3) is 0.523. The summed E-state index contributed by atoms with van der Waals surface area (Å²) in [5, 5.41) is 33.2. The van der Waals surface area contributed by atoms with Crippen LogP contribution in [0, 0.1) is 17.7 Å². The predicted molar refractivity (Wildman–Crippen MR) is 242 cm³/mol. The van der Waals surface area contributed by atoms with Crippen molar-refractivity contribution in [1.29, 1.82) is 0 Å². The molecular weight excluding hydrogens is 910 g/mol. The second-order valence-corrected chi connectivity index (χ2v) is 22.7. The molecule has 5 amide bonds. The molecule has 4 heterocycles. The molecular formula is C44H54FN11O9S2. The molecule has 358 valence electrons. The van der Waals surface area contributed by atoms with Crippen LogP contribution in [0.2, 0.25) is 0 Å². The maximum Gasteiger partial charge on any atom is 0.410 e. The summed E-state index contributed by atoms with van der Waals surface area (Å²) >= 11 is 0. The molecule has 0 spiro atoms. The number of urea groups is 2. The zero-order valence-corrected chi connectivity index (χ0v) is 39.1. The Labute approximate surface area is 386 Å². The molecule has 0 saturated heterocycles. The molecule has 20 nitrogen and oxygen atoms in total. The van der Waals surface area contributed by atoms with Crippen molar-refractivity contribution in [3.63, 3.8) is 0 Å². The van der Waals surface area contributed by atoms with Gasteiger partial charge >= 0.3 is 18.2 Å². The standard InChI is InChI=1S/C44H54FN11O9S2/c1-44(2,3)65-43(60)55(19-24-20-56-39(64-21-24)34(17-49-56)66(46,61)52-41(58)50-36-28-7-4-6-26(28)35(45)27-8-9-29(27)36)18-23-14-25-16-32-30(10-11-33(32)57)37(31(25)15-23)51-42(59)53-67(47,62)38-40-54(22-48-38)12-5-13-63-40/h16-17,22-24,33,57H,4-15,18-21H2,1-3H3,(H3,46,50,52,58,61)(H3,47,51,53,59,62). The number of nitrogens with one attached hydrogen (secondary N) is 2. The van der Waals surface area contributed by atoms with E-state index >= 15 is 4.39 Å². The van der Waals surface area contributed by atoms with E-state index in [2.05, 4.69) is 29.4 Å². The van der Waals surface area contributed by atoms with Gasteiger partial charge < -0.3 is 39.4 Å². The van der Waals surface area contributed by atoms with Crippen molar-refractivity contribution in [3.8, 4) is 11.8 Å². The van der Waals surface area contributed by atoms with Gasteiger partial charge in [0, 0.05) is 36.9 Å².